The molecule has 3 rings (SSSR count). The number of allylic oxidation sites excluding steroid dienone is 1. The summed E-state index contributed by atoms with van der Waals surface area (Å²) < 4.78 is 43.0. The van der Waals surface area contributed by atoms with Gasteiger partial charge >= 0.3 is 12.1 Å². The zero-order valence-electron chi connectivity index (χ0n) is 14.3. The number of hydrogen-bond donors (Lipinski definition) is 0. The minimum absolute atomic E-state index is 0.0234. The molecule has 2 heterocycles. The van der Waals surface area contributed by atoms with Crippen molar-refractivity contribution in [1.29, 1.82) is 0 Å². The van der Waals surface area contributed by atoms with Crippen LogP contribution in [0.25, 0.3) is 0 Å². The lowest BCUT2D eigenvalue weighted by Gasteiger charge is -2.24. The number of carbonyl (C=O) groups is 1. The fourth-order valence-electron chi connectivity index (χ4n) is 2.52. The van der Waals surface area contributed by atoms with Gasteiger partial charge in [-0.05, 0) is 31.2 Å². The Morgan fingerprint density at radius 2 is 2.07 bits per heavy atom. The van der Waals surface area contributed by atoms with Gasteiger partial charge in [-0.1, -0.05) is 16.9 Å². The number of alkyl halides is 3. The molecule has 0 bridgehead atoms. The van der Waals surface area contributed by atoms with Gasteiger partial charge in [0, 0.05) is 16.3 Å². The van der Waals surface area contributed by atoms with E-state index >= 15 is 0 Å². The Bertz CT molecular complexity index is 808. The number of esters is 1. The number of rotatable bonds is 5. The van der Waals surface area contributed by atoms with Crippen molar-refractivity contribution >= 4 is 36.2 Å². The van der Waals surface area contributed by atoms with Gasteiger partial charge in [-0.25, -0.2) is 5.01 Å². The molecule has 2 aliphatic rings. The Kier molecular flexibility index (Phi) is 5.31. The normalized spacial score (nSPS) is 19.2. The lowest BCUT2D eigenvalue weighted by Crippen LogP contribution is -2.33. The molecule has 1 aromatic rings. The molecule has 0 N–H and O–H groups in total. The van der Waals surface area contributed by atoms with Crippen LogP contribution in [0.1, 0.15) is 18.9 Å². The monoisotopic (exact) mass is 400 g/mol. The van der Waals surface area contributed by atoms with Crippen LogP contribution in [0.2, 0.25) is 0 Å². The van der Waals surface area contributed by atoms with Gasteiger partial charge in [-0.15, -0.1) is 0 Å². The number of hydrogen-bond acceptors (Lipinski definition) is 8. The van der Waals surface area contributed by atoms with Gasteiger partial charge < -0.3 is 9.57 Å². The lowest BCUT2D eigenvalue weighted by atomic mass is 10.2. The maximum absolute atomic E-state index is 12.7. The molecule has 0 saturated carbocycles. The van der Waals surface area contributed by atoms with E-state index in [1.165, 1.54) is 31.0 Å². The predicted molar refractivity (Wildman–Crippen MR) is 94.5 cm³/mol. The highest BCUT2D eigenvalue weighted by Crippen LogP contribution is 2.45. The van der Waals surface area contributed by atoms with Crippen molar-refractivity contribution < 1.29 is 27.5 Å². The molecule has 7 nitrogen and oxygen atoms in total. The van der Waals surface area contributed by atoms with E-state index in [1.807, 2.05) is 6.92 Å². The first-order valence-electron chi connectivity index (χ1n) is 7.71. The molecule has 0 fully saturated rings. The molecular formula is C16H15F3N4O3S. The van der Waals surface area contributed by atoms with Crippen molar-refractivity contribution in [3.8, 4) is 0 Å². The van der Waals surface area contributed by atoms with Crippen LogP contribution in [0.15, 0.2) is 45.1 Å². The third kappa shape index (κ3) is 4.02. The molecule has 1 unspecified atom stereocenters. The Hall–Kier alpha value is -2.69. The minimum Gasteiger partial charge on any atom is -0.411 e. The summed E-state index contributed by atoms with van der Waals surface area (Å²) in [6.45, 7) is 1.81. The lowest BCUT2D eigenvalue weighted by molar-refractivity contribution is -0.137. The fraction of sp³-hybridized carbons (Fsp3) is 0.312. The van der Waals surface area contributed by atoms with Crippen LogP contribution in [0.4, 0.5) is 18.9 Å². The number of oxime groups is 1. The van der Waals surface area contributed by atoms with Crippen molar-refractivity contribution in [1.82, 2.24) is 5.01 Å². The first kappa shape index (κ1) is 19.1. The quantitative estimate of drug-likeness (QED) is 0.326. The van der Waals surface area contributed by atoms with Gasteiger partial charge in [0.15, 0.2) is 5.50 Å². The molecule has 1 aromatic carbocycles. The number of hydrazone groups is 1. The molecule has 0 radical (unpaired) electrons. The highest BCUT2D eigenvalue weighted by molar-refractivity contribution is 8.04. The second-order valence-corrected chi connectivity index (χ2v) is 6.69. The molecule has 11 heteroatoms. The highest BCUT2D eigenvalue weighted by atomic mass is 32.2. The Labute approximate surface area is 157 Å². The van der Waals surface area contributed by atoms with E-state index in [9.17, 15) is 18.0 Å². The second-order valence-electron chi connectivity index (χ2n) is 5.54. The highest BCUT2D eigenvalue weighted by Gasteiger charge is 2.39. The number of ether oxygens (including phenoxy) is 1. The first-order valence-corrected chi connectivity index (χ1v) is 8.59. The zero-order valence-corrected chi connectivity index (χ0v) is 15.1. The van der Waals surface area contributed by atoms with E-state index < -0.39 is 17.7 Å². The number of benzene rings is 1. The number of halogens is 3. The minimum atomic E-state index is -4.39. The number of fused-ring (bicyclic) bond motifs is 1. The van der Waals surface area contributed by atoms with E-state index in [0.29, 0.717) is 5.69 Å². The van der Waals surface area contributed by atoms with Gasteiger partial charge in [-0.2, -0.15) is 18.3 Å². The summed E-state index contributed by atoms with van der Waals surface area (Å²) in [7, 11) is 1.33. The first-order chi connectivity index (χ1) is 12.8. The van der Waals surface area contributed by atoms with Crippen LogP contribution in [-0.4, -0.2) is 36.3 Å². The SMILES string of the molecule is CO/N=C/OC(=O)CC1=C(C)N2N=CN(c3ccc(C(F)(F)F)cc3)C2S1. The molecular weight excluding hydrogens is 385 g/mol. The van der Waals surface area contributed by atoms with Crippen molar-refractivity contribution in [2.45, 2.75) is 25.0 Å². The Morgan fingerprint density at radius 1 is 1.37 bits per heavy atom. The summed E-state index contributed by atoms with van der Waals surface area (Å²) >= 11 is 1.38. The van der Waals surface area contributed by atoms with Gasteiger partial charge in [0.05, 0.1) is 12.0 Å². The summed E-state index contributed by atoms with van der Waals surface area (Å²) in [5, 5.41) is 9.30. The zero-order chi connectivity index (χ0) is 19.6. The van der Waals surface area contributed by atoms with Crippen LogP contribution >= 0.6 is 11.8 Å². The Morgan fingerprint density at radius 3 is 2.70 bits per heavy atom. The molecule has 0 aromatic heterocycles. The maximum Gasteiger partial charge on any atom is 0.416 e. The van der Waals surface area contributed by atoms with Gasteiger partial charge in [0.1, 0.15) is 13.4 Å². The number of thioether (sulfide) groups is 1. The topological polar surface area (TPSA) is 66.7 Å². The Balaban J connectivity index is 1.69. The molecule has 144 valence electrons. The third-order valence-electron chi connectivity index (χ3n) is 3.87. The summed E-state index contributed by atoms with van der Waals surface area (Å²) in [5.74, 6) is -0.510. The van der Waals surface area contributed by atoms with Crippen LogP contribution in [0.5, 0.6) is 0 Å². The van der Waals surface area contributed by atoms with Crippen LogP contribution in [0.3, 0.4) is 0 Å². The van der Waals surface area contributed by atoms with Gasteiger partial charge in [0.25, 0.3) is 0 Å². The molecule has 1 atom stereocenters. The van der Waals surface area contributed by atoms with E-state index in [0.717, 1.165) is 29.1 Å². The van der Waals surface area contributed by atoms with Gasteiger partial charge in [0.2, 0.25) is 6.40 Å². The molecule has 0 spiro atoms. The summed E-state index contributed by atoms with van der Waals surface area (Å²) in [6, 6.07) is 4.84. The number of carbonyl (C=O) groups excluding carboxylic acids is 1. The van der Waals surface area contributed by atoms with Crippen LogP contribution in [0, 0.1) is 0 Å². The summed E-state index contributed by atoms with van der Waals surface area (Å²) in [6.07, 6.45) is -1.91. The smallest absolute Gasteiger partial charge is 0.411 e. The second kappa shape index (κ2) is 7.51. The van der Waals surface area contributed by atoms with Crippen molar-refractivity contribution in [3.63, 3.8) is 0 Å². The summed E-state index contributed by atoms with van der Waals surface area (Å²) in [5.41, 5.74) is 0.317. The number of nitrogens with zero attached hydrogens (tertiary/aromatic N) is 4. The standard InChI is InChI=1S/C16H15F3N4O3S/c1-10-13(7-14(24)26-9-21-25-2)27-15-22(8-20-23(10)15)12-5-3-11(4-6-12)16(17,18)19/h3-6,8-9,15H,7H2,1-2H3/b21-9+. The van der Waals surface area contributed by atoms with Crippen LogP contribution in [-0.2, 0) is 20.5 Å². The van der Waals surface area contributed by atoms with E-state index in [4.69, 9.17) is 4.74 Å². The molecule has 0 amide bonds. The average molecular weight is 400 g/mol. The largest absolute Gasteiger partial charge is 0.416 e. The summed E-state index contributed by atoms with van der Waals surface area (Å²) in [4.78, 5) is 18.7. The van der Waals surface area contributed by atoms with E-state index in [-0.39, 0.29) is 11.9 Å². The van der Waals surface area contributed by atoms with E-state index in [1.54, 1.807) is 16.2 Å². The molecule has 0 aliphatic carbocycles. The maximum atomic E-state index is 12.7. The fourth-order valence-corrected chi connectivity index (χ4v) is 3.85. The van der Waals surface area contributed by atoms with E-state index in [2.05, 4.69) is 15.1 Å². The number of anilines is 1. The molecule has 2 aliphatic heterocycles. The van der Waals surface area contributed by atoms with Crippen molar-refractivity contribution in [2.24, 2.45) is 10.3 Å². The third-order valence-corrected chi connectivity index (χ3v) is 5.23. The molecule has 0 saturated heterocycles. The average Bonchev–Trinajstić information content (AvgIpc) is 3.15. The van der Waals surface area contributed by atoms with Crippen molar-refractivity contribution in [2.75, 3.05) is 12.0 Å². The van der Waals surface area contributed by atoms with Crippen LogP contribution < -0.4 is 4.90 Å². The predicted octanol–water partition coefficient (Wildman–Crippen LogP) is 3.56. The van der Waals surface area contributed by atoms with Gasteiger partial charge in [-0.3, -0.25) is 9.69 Å². The van der Waals surface area contributed by atoms with Crippen molar-refractivity contribution in [3.05, 3.63) is 40.4 Å². The molecule has 27 heavy (non-hydrogen) atoms.